The highest BCUT2D eigenvalue weighted by atomic mass is 32.2. The van der Waals surface area contributed by atoms with E-state index in [1.54, 1.807) is 32.0 Å². The van der Waals surface area contributed by atoms with Crippen LogP contribution in [0.3, 0.4) is 0 Å². The Morgan fingerprint density at radius 3 is 2.50 bits per heavy atom. The third-order valence-corrected chi connectivity index (χ3v) is 8.03. The first-order chi connectivity index (χ1) is 16.2. The Kier molecular flexibility index (Phi) is 7.11. The molecule has 3 N–H and O–H groups in total. The molecule has 10 heteroatoms. The fraction of sp³-hybridized carbons (Fsp3) is 0.458. The largest absolute Gasteiger partial charge is 0.457 e. The highest BCUT2D eigenvalue weighted by Gasteiger charge is 2.47. The number of nitrogens with one attached hydrogen (secondary N) is 2. The Bertz CT molecular complexity index is 1130. The number of aliphatic hydroxyl groups is 1. The zero-order valence-corrected chi connectivity index (χ0v) is 20.2. The zero-order valence-electron chi connectivity index (χ0n) is 19.4. The first-order valence-electron chi connectivity index (χ1n) is 11.4. The molecule has 0 saturated carbocycles. The van der Waals surface area contributed by atoms with Crippen LogP contribution in [0, 0.1) is 5.82 Å². The van der Waals surface area contributed by atoms with E-state index in [4.69, 9.17) is 4.74 Å². The van der Waals surface area contributed by atoms with Crippen LogP contribution >= 0.6 is 0 Å². The SMILES string of the molecule is CC1(C)OC(N[C@@H](CCO)c2ccccc2F)=NS(=O)(=O)C1c1ccc(N2CCNCC2)cc1. The van der Waals surface area contributed by atoms with Crippen LogP contribution in [0.1, 0.15) is 42.7 Å². The average molecular weight is 491 g/mol. The van der Waals surface area contributed by atoms with Crippen LogP contribution < -0.4 is 15.5 Å². The lowest BCUT2D eigenvalue weighted by atomic mass is 9.97. The van der Waals surface area contributed by atoms with Gasteiger partial charge in [-0.1, -0.05) is 30.3 Å². The summed E-state index contributed by atoms with van der Waals surface area (Å²) < 4.78 is 50.8. The number of sulfonamides is 1. The second-order valence-corrected chi connectivity index (χ2v) is 10.7. The standard InChI is InChI=1S/C24H31FN4O4S/c1-24(2)22(17-7-9-18(10-8-17)29-14-12-26-13-15-29)34(31,32)28-23(33-24)27-21(11-16-30)19-5-3-4-6-20(19)25/h3-10,21-22,26,30H,11-16H2,1-2H3,(H,27,28)/t21-,22?/m0/s1. The summed E-state index contributed by atoms with van der Waals surface area (Å²) in [4.78, 5) is 2.25. The number of rotatable bonds is 6. The molecule has 4 rings (SSSR count). The molecule has 2 aliphatic heterocycles. The number of amidine groups is 1. The number of nitrogens with zero attached hydrogens (tertiary/aromatic N) is 2. The van der Waals surface area contributed by atoms with Gasteiger partial charge in [0.25, 0.3) is 10.0 Å². The van der Waals surface area contributed by atoms with Gasteiger partial charge in [-0.2, -0.15) is 0 Å². The molecule has 0 aromatic heterocycles. The average Bonchev–Trinajstić information content (AvgIpc) is 2.79. The molecule has 1 unspecified atom stereocenters. The predicted octanol–water partition coefficient (Wildman–Crippen LogP) is 2.48. The van der Waals surface area contributed by atoms with E-state index in [1.165, 1.54) is 6.07 Å². The lowest BCUT2D eigenvalue weighted by molar-refractivity contribution is 0.0759. The molecule has 1 fully saturated rings. The minimum Gasteiger partial charge on any atom is -0.457 e. The maximum atomic E-state index is 14.3. The molecule has 2 aromatic rings. The van der Waals surface area contributed by atoms with Crippen LogP contribution in [0.4, 0.5) is 10.1 Å². The number of benzene rings is 2. The van der Waals surface area contributed by atoms with Gasteiger partial charge in [0.2, 0.25) is 0 Å². The summed E-state index contributed by atoms with van der Waals surface area (Å²) in [6.07, 6.45) is 0.153. The number of piperazine rings is 1. The van der Waals surface area contributed by atoms with E-state index in [2.05, 4.69) is 19.9 Å². The highest BCUT2D eigenvalue weighted by Crippen LogP contribution is 2.41. The molecule has 0 aliphatic carbocycles. The summed E-state index contributed by atoms with van der Waals surface area (Å²) >= 11 is 0. The third-order valence-electron chi connectivity index (χ3n) is 6.17. The van der Waals surface area contributed by atoms with Gasteiger partial charge in [0.05, 0.1) is 6.04 Å². The molecule has 184 valence electrons. The molecule has 0 radical (unpaired) electrons. The van der Waals surface area contributed by atoms with Gasteiger partial charge in [0.15, 0.2) is 0 Å². The Morgan fingerprint density at radius 2 is 1.88 bits per heavy atom. The molecule has 34 heavy (non-hydrogen) atoms. The molecule has 1 saturated heterocycles. The minimum atomic E-state index is -4.00. The molecule has 0 spiro atoms. The number of aliphatic hydroxyl groups excluding tert-OH is 1. The maximum Gasteiger partial charge on any atom is 0.301 e. The van der Waals surface area contributed by atoms with Crippen molar-refractivity contribution in [2.75, 3.05) is 37.7 Å². The van der Waals surface area contributed by atoms with Crippen LogP contribution in [0.15, 0.2) is 52.9 Å². The molecule has 2 atom stereocenters. The molecule has 2 aliphatic rings. The van der Waals surface area contributed by atoms with Crippen molar-refractivity contribution in [1.82, 2.24) is 10.6 Å². The summed E-state index contributed by atoms with van der Waals surface area (Å²) in [6, 6.07) is 12.7. The van der Waals surface area contributed by atoms with Crippen molar-refractivity contribution in [3.63, 3.8) is 0 Å². The smallest absolute Gasteiger partial charge is 0.301 e. The number of hydrogen-bond acceptors (Lipinski definition) is 7. The number of halogens is 1. The van der Waals surface area contributed by atoms with E-state index in [0.29, 0.717) is 11.1 Å². The molecule has 2 aromatic carbocycles. The van der Waals surface area contributed by atoms with Crippen LogP contribution in [0.5, 0.6) is 0 Å². The lowest BCUT2D eigenvalue weighted by Gasteiger charge is -2.38. The van der Waals surface area contributed by atoms with E-state index < -0.39 is 32.7 Å². The van der Waals surface area contributed by atoms with E-state index in [0.717, 1.165) is 31.9 Å². The number of hydrogen-bond donors (Lipinski definition) is 3. The topological polar surface area (TPSA) is 103 Å². The van der Waals surface area contributed by atoms with Crippen molar-refractivity contribution in [3.05, 3.63) is 65.5 Å². The summed E-state index contributed by atoms with van der Waals surface area (Å²) in [5.41, 5.74) is 0.787. The van der Waals surface area contributed by atoms with E-state index in [-0.39, 0.29) is 19.0 Å². The van der Waals surface area contributed by atoms with Crippen molar-refractivity contribution in [2.24, 2.45) is 4.40 Å². The van der Waals surface area contributed by atoms with E-state index in [1.807, 2.05) is 24.3 Å². The van der Waals surface area contributed by atoms with Crippen molar-refractivity contribution in [2.45, 2.75) is 37.2 Å². The van der Waals surface area contributed by atoms with Crippen molar-refractivity contribution < 1.29 is 22.7 Å². The van der Waals surface area contributed by atoms with E-state index in [9.17, 15) is 17.9 Å². The van der Waals surface area contributed by atoms with Crippen molar-refractivity contribution in [1.29, 1.82) is 0 Å². The van der Waals surface area contributed by atoms with Crippen LogP contribution in [-0.2, 0) is 14.8 Å². The normalized spacial score (nSPS) is 22.4. The van der Waals surface area contributed by atoms with Gasteiger partial charge in [0, 0.05) is 44.0 Å². The summed E-state index contributed by atoms with van der Waals surface area (Å²) in [6.45, 7) is 6.78. The van der Waals surface area contributed by atoms with Crippen LogP contribution in [-0.4, -0.2) is 57.9 Å². The molecular weight excluding hydrogens is 459 g/mol. The number of anilines is 1. The van der Waals surface area contributed by atoms with Gasteiger partial charge in [-0.25, -0.2) is 12.8 Å². The zero-order chi connectivity index (χ0) is 24.3. The van der Waals surface area contributed by atoms with Crippen LogP contribution in [0.2, 0.25) is 0 Å². The molecule has 0 bridgehead atoms. The fourth-order valence-corrected chi connectivity index (χ4v) is 6.29. The van der Waals surface area contributed by atoms with Crippen molar-refractivity contribution in [3.8, 4) is 0 Å². The molecule has 2 heterocycles. The van der Waals surface area contributed by atoms with Gasteiger partial charge < -0.3 is 25.4 Å². The Labute approximate surface area is 199 Å². The van der Waals surface area contributed by atoms with Gasteiger partial charge in [0.1, 0.15) is 16.7 Å². The van der Waals surface area contributed by atoms with E-state index >= 15 is 0 Å². The minimum absolute atomic E-state index is 0.153. The maximum absolute atomic E-state index is 14.3. The van der Waals surface area contributed by atoms with Gasteiger partial charge in [-0.15, -0.1) is 4.40 Å². The second-order valence-electron chi connectivity index (χ2n) is 9.06. The Morgan fingerprint density at radius 1 is 1.21 bits per heavy atom. The quantitative estimate of drug-likeness (QED) is 0.572. The van der Waals surface area contributed by atoms with Crippen molar-refractivity contribution >= 4 is 21.7 Å². The van der Waals surface area contributed by atoms with Gasteiger partial charge in [-0.3, -0.25) is 0 Å². The molecule has 8 nitrogen and oxygen atoms in total. The second kappa shape index (κ2) is 9.89. The monoisotopic (exact) mass is 490 g/mol. The summed E-state index contributed by atoms with van der Waals surface area (Å²) in [5, 5.41) is 14.7. The molecule has 0 amide bonds. The Balaban J connectivity index is 1.59. The van der Waals surface area contributed by atoms with Crippen LogP contribution in [0.25, 0.3) is 0 Å². The fourth-order valence-electron chi connectivity index (χ4n) is 4.60. The first-order valence-corrected chi connectivity index (χ1v) is 12.9. The van der Waals surface area contributed by atoms with Gasteiger partial charge >= 0.3 is 6.02 Å². The number of ether oxygens (including phenoxy) is 1. The highest BCUT2D eigenvalue weighted by molar-refractivity contribution is 7.90. The van der Waals surface area contributed by atoms with Gasteiger partial charge in [-0.05, 0) is 44.0 Å². The summed E-state index contributed by atoms with van der Waals surface area (Å²) in [5.74, 6) is -0.463. The molecular formula is C24H31FN4O4S. The first kappa shape index (κ1) is 24.4. The Hall–Kier alpha value is -2.69. The predicted molar refractivity (Wildman–Crippen MR) is 130 cm³/mol. The third kappa shape index (κ3) is 5.18. The lowest BCUT2D eigenvalue weighted by Crippen LogP contribution is -2.47. The summed E-state index contributed by atoms with van der Waals surface area (Å²) in [7, 11) is -4.00.